The highest BCUT2D eigenvalue weighted by atomic mass is 16.2. The zero-order valence-electron chi connectivity index (χ0n) is 31.9. The van der Waals surface area contributed by atoms with Crippen molar-refractivity contribution in [3.05, 3.63) is 105 Å². The summed E-state index contributed by atoms with van der Waals surface area (Å²) in [6, 6.07) is 13.3. The zero-order chi connectivity index (χ0) is 40.5. The highest BCUT2D eigenvalue weighted by Crippen LogP contribution is 2.25. The first kappa shape index (κ1) is 37.8. The lowest BCUT2D eigenvalue weighted by molar-refractivity contribution is -0.135. The number of piperidine rings is 1. The Morgan fingerprint density at radius 1 is 0.914 bits per heavy atom. The van der Waals surface area contributed by atoms with E-state index in [9.17, 15) is 28.8 Å². The fourth-order valence-electron chi connectivity index (χ4n) is 7.30. The van der Waals surface area contributed by atoms with Crippen molar-refractivity contribution in [2.75, 3.05) is 24.2 Å². The third kappa shape index (κ3) is 7.31. The molecule has 4 amide bonds. The standard InChI is InChI=1S/C40H42N12O6/c1-41-27-20-32(48-52-31(22-44-35(27)52)38(56)45-25-8-5-9-25)46-26-10-6-18-50(39(26)57)33-15-12-24(21-43-33)36(54)42-17-4-3-7-23-11-13-28-30(19-23)49(2)40(58)51(28)29-14-16-34(53)47-37(29)55/h6,10-13,15,18-22,25,29,41H,3-5,7-9,14,16-17H2,1-2H3,(H,42,54)(H,45,56)(H,46,48)(H,47,53,55). The van der Waals surface area contributed by atoms with Crippen LogP contribution in [0.5, 0.6) is 0 Å². The van der Waals surface area contributed by atoms with E-state index in [2.05, 4.69) is 41.7 Å². The van der Waals surface area contributed by atoms with Crippen molar-refractivity contribution < 1.29 is 19.2 Å². The van der Waals surface area contributed by atoms with Crippen LogP contribution in [-0.4, -0.2) is 76.5 Å². The molecule has 8 rings (SSSR count). The molecule has 18 nitrogen and oxygen atoms in total. The molecule has 1 aromatic carbocycles. The summed E-state index contributed by atoms with van der Waals surface area (Å²) < 4.78 is 5.78. The molecule has 0 radical (unpaired) electrons. The van der Waals surface area contributed by atoms with Crippen LogP contribution in [0.3, 0.4) is 0 Å². The molecule has 1 unspecified atom stereocenters. The predicted octanol–water partition coefficient (Wildman–Crippen LogP) is 2.73. The van der Waals surface area contributed by atoms with Gasteiger partial charge in [0.2, 0.25) is 11.8 Å². The van der Waals surface area contributed by atoms with Gasteiger partial charge in [-0.2, -0.15) is 0 Å². The molecule has 1 aliphatic carbocycles. The number of amides is 4. The van der Waals surface area contributed by atoms with Crippen LogP contribution in [0.1, 0.15) is 77.4 Å². The topological polar surface area (TPSA) is 220 Å². The zero-order valence-corrected chi connectivity index (χ0v) is 31.9. The Bertz CT molecular complexity index is 2710. The first-order chi connectivity index (χ1) is 28.1. The number of fused-ring (bicyclic) bond motifs is 2. The average molecular weight is 787 g/mol. The summed E-state index contributed by atoms with van der Waals surface area (Å²) in [5.74, 6) is -0.735. The maximum absolute atomic E-state index is 13.6. The number of aromatic nitrogens is 7. The number of benzene rings is 1. The second-order valence-electron chi connectivity index (χ2n) is 14.5. The number of unbranched alkanes of at least 4 members (excludes halogenated alkanes) is 1. The van der Waals surface area contributed by atoms with Crippen molar-refractivity contribution in [1.29, 1.82) is 0 Å². The number of hydrogen-bond acceptors (Lipinski definition) is 11. The Labute approximate surface area is 330 Å². The molecule has 6 heterocycles. The van der Waals surface area contributed by atoms with Crippen LogP contribution >= 0.6 is 0 Å². The number of rotatable bonds is 13. The minimum absolute atomic E-state index is 0.144. The molecule has 18 heteroatoms. The molecular formula is C40H42N12O6. The van der Waals surface area contributed by atoms with Gasteiger partial charge in [-0.25, -0.2) is 19.3 Å². The van der Waals surface area contributed by atoms with Crippen LogP contribution in [0.25, 0.3) is 22.5 Å². The summed E-state index contributed by atoms with van der Waals surface area (Å²) in [5, 5.41) is 19.0. The summed E-state index contributed by atoms with van der Waals surface area (Å²) in [6.45, 7) is 0.432. The number of carbonyl (C=O) groups excluding carboxylic acids is 4. The van der Waals surface area contributed by atoms with Gasteiger partial charge in [-0.15, -0.1) is 5.10 Å². The molecule has 1 saturated heterocycles. The van der Waals surface area contributed by atoms with Gasteiger partial charge in [0.25, 0.3) is 17.4 Å². The monoisotopic (exact) mass is 786 g/mol. The Morgan fingerprint density at radius 3 is 2.50 bits per heavy atom. The molecule has 5 aromatic heterocycles. The predicted molar refractivity (Wildman–Crippen MR) is 215 cm³/mol. The van der Waals surface area contributed by atoms with E-state index in [1.165, 1.54) is 30.6 Å². The molecule has 0 spiro atoms. The van der Waals surface area contributed by atoms with Gasteiger partial charge >= 0.3 is 5.69 Å². The van der Waals surface area contributed by atoms with E-state index in [0.717, 1.165) is 31.2 Å². The van der Waals surface area contributed by atoms with Gasteiger partial charge in [0.05, 0.1) is 28.5 Å². The normalized spacial score (nSPS) is 15.6. The van der Waals surface area contributed by atoms with Crippen molar-refractivity contribution in [2.45, 2.75) is 63.5 Å². The summed E-state index contributed by atoms with van der Waals surface area (Å²) in [7, 11) is 3.40. The highest BCUT2D eigenvalue weighted by molar-refractivity contribution is 6.00. The number of nitrogens with zero attached hydrogens (tertiary/aromatic N) is 7. The number of hydrogen-bond donors (Lipinski definition) is 5. The molecule has 298 valence electrons. The highest BCUT2D eigenvalue weighted by Gasteiger charge is 2.31. The van der Waals surface area contributed by atoms with Crippen molar-refractivity contribution in [3.63, 3.8) is 0 Å². The molecule has 1 saturated carbocycles. The van der Waals surface area contributed by atoms with E-state index in [4.69, 9.17) is 0 Å². The number of anilines is 3. The van der Waals surface area contributed by atoms with Crippen molar-refractivity contribution >= 4 is 57.5 Å². The summed E-state index contributed by atoms with van der Waals surface area (Å²) in [4.78, 5) is 85.5. The number of pyridine rings is 2. The Balaban J connectivity index is 0.872. The average Bonchev–Trinajstić information content (AvgIpc) is 3.74. The smallest absolute Gasteiger partial charge is 0.329 e. The maximum Gasteiger partial charge on any atom is 0.329 e. The Kier molecular flexibility index (Phi) is 10.3. The third-order valence-corrected chi connectivity index (χ3v) is 10.7. The number of imide groups is 1. The van der Waals surface area contributed by atoms with Crippen molar-refractivity contribution in [1.82, 2.24) is 49.2 Å². The molecule has 6 aromatic rings. The molecule has 5 N–H and O–H groups in total. The lowest BCUT2D eigenvalue weighted by Crippen LogP contribution is -2.44. The lowest BCUT2D eigenvalue weighted by atomic mass is 9.93. The van der Waals surface area contributed by atoms with Crippen LogP contribution in [0, 0.1) is 0 Å². The second kappa shape index (κ2) is 15.8. The summed E-state index contributed by atoms with van der Waals surface area (Å²) in [6.07, 6.45) is 10.1. The maximum atomic E-state index is 13.6. The quantitative estimate of drug-likeness (QED) is 0.0847. The van der Waals surface area contributed by atoms with Gasteiger partial charge in [-0.1, -0.05) is 6.07 Å². The van der Waals surface area contributed by atoms with Gasteiger partial charge in [-0.05, 0) is 86.9 Å². The minimum Gasteiger partial charge on any atom is -0.385 e. The minimum atomic E-state index is -0.736. The van der Waals surface area contributed by atoms with E-state index in [1.54, 1.807) is 50.6 Å². The summed E-state index contributed by atoms with van der Waals surface area (Å²) >= 11 is 0. The van der Waals surface area contributed by atoms with Crippen molar-refractivity contribution in [2.24, 2.45) is 7.05 Å². The van der Waals surface area contributed by atoms with Crippen molar-refractivity contribution in [3.8, 4) is 5.82 Å². The molecule has 2 fully saturated rings. The fourth-order valence-corrected chi connectivity index (χ4v) is 7.30. The van der Waals surface area contributed by atoms with E-state index in [0.29, 0.717) is 59.0 Å². The SMILES string of the molecule is CNc1cc(Nc2cccn(-c3ccc(C(=O)NCCCCc4ccc5c(c4)n(C)c(=O)n5C4CCC(=O)NC4=O)cn3)c2=O)nn2c(C(=O)NC3CCC3)cnc12. The Morgan fingerprint density at radius 2 is 1.76 bits per heavy atom. The number of nitrogens with one attached hydrogen (secondary N) is 5. The first-order valence-corrected chi connectivity index (χ1v) is 19.2. The summed E-state index contributed by atoms with van der Waals surface area (Å²) in [5.41, 5.74) is 3.56. The van der Waals surface area contributed by atoms with E-state index >= 15 is 0 Å². The largest absolute Gasteiger partial charge is 0.385 e. The third-order valence-electron chi connectivity index (χ3n) is 10.7. The molecule has 1 aliphatic heterocycles. The molecule has 0 bridgehead atoms. The van der Waals surface area contributed by atoms with E-state index in [-0.39, 0.29) is 53.7 Å². The van der Waals surface area contributed by atoms with Crippen LogP contribution in [-0.2, 0) is 23.1 Å². The fraction of sp³-hybridized carbons (Fsp3) is 0.325. The van der Waals surface area contributed by atoms with Crippen LogP contribution < -0.4 is 37.8 Å². The van der Waals surface area contributed by atoms with Gasteiger partial charge < -0.3 is 21.3 Å². The lowest BCUT2D eigenvalue weighted by Gasteiger charge is -2.26. The second-order valence-corrected chi connectivity index (χ2v) is 14.5. The van der Waals surface area contributed by atoms with Gasteiger partial charge in [0, 0.05) is 51.6 Å². The molecule has 2 aliphatic rings. The molecule has 1 atom stereocenters. The van der Waals surface area contributed by atoms with Crippen LogP contribution in [0.4, 0.5) is 17.2 Å². The first-order valence-electron chi connectivity index (χ1n) is 19.2. The number of carbonyl (C=O) groups is 4. The molecule has 58 heavy (non-hydrogen) atoms. The number of aryl methyl sites for hydroxylation is 2. The van der Waals surface area contributed by atoms with Gasteiger partial charge in [0.15, 0.2) is 17.2 Å². The van der Waals surface area contributed by atoms with E-state index in [1.807, 2.05) is 18.2 Å². The van der Waals surface area contributed by atoms with E-state index < -0.39 is 17.5 Å². The van der Waals surface area contributed by atoms with Crippen LogP contribution in [0.15, 0.2) is 76.7 Å². The number of imidazole rings is 2. The van der Waals surface area contributed by atoms with Gasteiger partial charge in [0.1, 0.15) is 17.5 Å². The van der Waals surface area contributed by atoms with Gasteiger partial charge in [-0.3, -0.25) is 43.0 Å². The van der Waals surface area contributed by atoms with Crippen LogP contribution in [0.2, 0.25) is 0 Å². The molecular weight excluding hydrogens is 745 g/mol. The Hall–Kier alpha value is -7.11.